The Balaban J connectivity index is 0.000000291. The Labute approximate surface area is 296 Å². The van der Waals surface area contributed by atoms with Crippen LogP contribution in [0.15, 0.2) is 114 Å². The fraction of sp³-hybridized carbons (Fsp3) is 0.0541. The van der Waals surface area contributed by atoms with Crippen LogP contribution in [0.3, 0.4) is 0 Å². The topological polar surface area (TPSA) is 105 Å². The highest BCUT2D eigenvalue weighted by Gasteiger charge is 2.26. The van der Waals surface area contributed by atoms with Gasteiger partial charge in [0.05, 0.1) is 21.3 Å². The van der Waals surface area contributed by atoms with Gasteiger partial charge in [-0.3, -0.25) is 14.8 Å². The third-order valence-corrected chi connectivity index (χ3v) is 9.36. The van der Waals surface area contributed by atoms with Gasteiger partial charge in [-0.2, -0.15) is 0 Å². The third-order valence-electron chi connectivity index (χ3n) is 7.77. The van der Waals surface area contributed by atoms with E-state index in [2.05, 4.69) is 36.2 Å². The number of benzene rings is 4. The highest BCUT2D eigenvalue weighted by molar-refractivity contribution is 9.10. The number of carboxylic acid groups (broad SMARTS) is 1. The van der Waals surface area contributed by atoms with Crippen LogP contribution >= 0.6 is 39.1 Å². The molecular formula is C37H23BrCl2F2N4O3. The highest BCUT2D eigenvalue weighted by atomic mass is 79.9. The van der Waals surface area contributed by atoms with Crippen molar-refractivity contribution < 1.29 is 23.5 Å². The van der Waals surface area contributed by atoms with Gasteiger partial charge in [0.25, 0.3) is 5.91 Å². The Morgan fingerprint density at radius 1 is 0.755 bits per heavy atom. The second kappa shape index (κ2) is 14.6. The molecule has 7 aromatic rings. The monoisotopic (exact) mass is 758 g/mol. The Morgan fingerprint density at radius 3 is 2.04 bits per heavy atom. The van der Waals surface area contributed by atoms with Crippen molar-refractivity contribution in [3.05, 3.63) is 147 Å². The predicted octanol–water partition coefficient (Wildman–Crippen LogP) is 9.46. The van der Waals surface area contributed by atoms with Crippen LogP contribution in [0.25, 0.3) is 43.7 Å². The average Bonchev–Trinajstić information content (AvgIpc) is 3.10. The summed E-state index contributed by atoms with van der Waals surface area (Å²) >= 11 is 16.0. The molecule has 0 aliphatic heterocycles. The maximum Gasteiger partial charge on any atom is 0.326 e. The molecule has 7 rings (SSSR count). The molecule has 0 unspecified atom stereocenters. The number of hydrogen-bond acceptors (Lipinski definition) is 5. The van der Waals surface area contributed by atoms with Gasteiger partial charge < -0.3 is 10.4 Å². The molecule has 1 amide bonds. The number of carbonyl (C=O) groups is 2. The molecule has 0 saturated carbocycles. The second-order valence-electron chi connectivity index (χ2n) is 10.8. The van der Waals surface area contributed by atoms with E-state index in [1.165, 1.54) is 0 Å². The van der Waals surface area contributed by atoms with Gasteiger partial charge in [0.2, 0.25) is 0 Å². The highest BCUT2D eigenvalue weighted by Crippen LogP contribution is 2.36. The molecule has 3 heterocycles. The number of pyridine rings is 3. The first-order valence-corrected chi connectivity index (χ1v) is 16.3. The van der Waals surface area contributed by atoms with E-state index in [0.29, 0.717) is 42.4 Å². The van der Waals surface area contributed by atoms with Crippen LogP contribution < -0.4 is 5.32 Å². The van der Waals surface area contributed by atoms with Gasteiger partial charge >= 0.3 is 5.97 Å². The van der Waals surface area contributed by atoms with Crippen molar-refractivity contribution in [2.75, 3.05) is 0 Å². The maximum absolute atomic E-state index is 14.1. The van der Waals surface area contributed by atoms with E-state index in [-0.39, 0.29) is 6.42 Å². The number of amides is 1. The molecule has 49 heavy (non-hydrogen) atoms. The Kier molecular flexibility index (Phi) is 10.1. The summed E-state index contributed by atoms with van der Waals surface area (Å²) in [5, 5.41) is 17.6. The molecule has 12 heteroatoms. The molecule has 0 bridgehead atoms. The van der Waals surface area contributed by atoms with Gasteiger partial charge in [0.1, 0.15) is 27.8 Å². The molecule has 244 valence electrons. The van der Waals surface area contributed by atoms with Gasteiger partial charge in [-0.25, -0.2) is 18.6 Å². The van der Waals surface area contributed by atoms with Crippen molar-refractivity contribution in [2.45, 2.75) is 12.5 Å². The van der Waals surface area contributed by atoms with Crippen molar-refractivity contribution in [1.29, 1.82) is 0 Å². The maximum atomic E-state index is 14.1. The molecule has 0 radical (unpaired) electrons. The molecule has 0 saturated heterocycles. The first-order valence-electron chi connectivity index (χ1n) is 14.7. The van der Waals surface area contributed by atoms with E-state index in [0.717, 1.165) is 39.7 Å². The number of carbonyl (C=O) groups excluding carboxylic acids is 1. The lowest BCUT2D eigenvalue weighted by Gasteiger charge is -2.17. The Hall–Kier alpha value is -5.03. The van der Waals surface area contributed by atoms with Crippen molar-refractivity contribution in [1.82, 2.24) is 20.3 Å². The molecule has 7 nitrogen and oxygen atoms in total. The van der Waals surface area contributed by atoms with Crippen LogP contribution in [0.4, 0.5) is 8.78 Å². The van der Waals surface area contributed by atoms with Crippen LogP contribution in [-0.2, 0) is 11.2 Å². The summed E-state index contributed by atoms with van der Waals surface area (Å²) in [6, 6.07) is 23.9. The summed E-state index contributed by atoms with van der Waals surface area (Å²) in [6.45, 7) is 0. The average molecular weight is 760 g/mol. The van der Waals surface area contributed by atoms with Crippen LogP contribution in [0, 0.1) is 11.6 Å². The van der Waals surface area contributed by atoms with E-state index < -0.39 is 35.1 Å². The molecule has 1 atom stereocenters. The predicted molar refractivity (Wildman–Crippen MR) is 191 cm³/mol. The SMILES string of the molecule is Clc1c(Br)ncc2ccccc12.O=C(N[C@@H](Cc1ccc(-c2ncc3ccccc3c2Cl)c2ncccc12)C(=O)O)c1c(F)cccc1F. The van der Waals surface area contributed by atoms with Crippen molar-refractivity contribution in [3.8, 4) is 11.3 Å². The van der Waals surface area contributed by atoms with Crippen molar-refractivity contribution in [3.63, 3.8) is 0 Å². The van der Waals surface area contributed by atoms with Gasteiger partial charge in [-0.1, -0.05) is 96.0 Å². The number of carboxylic acids is 1. The molecular weight excluding hydrogens is 737 g/mol. The molecule has 3 aromatic heterocycles. The minimum atomic E-state index is -1.46. The molecule has 2 N–H and O–H groups in total. The standard InChI is InChI=1S/C28H18ClF2N3O3.C9H5BrClN/c29-24-17-6-2-1-5-16(17)14-33-26(24)19-11-10-15(18-7-4-12-32-25(18)19)13-22(28(36)37)34-27(35)23-20(30)8-3-9-21(23)31;10-9-8(11)7-4-2-1-3-6(7)5-12-9/h1-12,14,22H,13H2,(H,34,35)(H,36,37);1-5H/t22-;/m0./s1. The minimum absolute atomic E-state index is 0.154. The van der Waals surface area contributed by atoms with Crippen molar-refractivity contribution in [2.24, 2.45) is 0 Å². The summed E-state index contributed by atoms with van der Waals surface area (Å²) in [6.07, 6.45) is 4.96. The zero-order valence-corrected chi connectivity index (χ0v) is 28.3. The third kappa shape index (κ3) is 7.07. The summed E-state index contributed by atoms with van der Waals surface area (Å²) in [5.41, 5.74) is 1.44. The minimum Gasteiger partial charge on any atom is -0.480 e. The van der Waals surface area contributed by atoms with Gasteiger partial charge in [-0.05, 0) is 39.7 Å². The van der Waals surface area contributed by atoms with E-state index >= 15 is 0 Å². The molecule has 4 aromatic carbocycles. The van der Waals surface area contributed by atoms with Crippen molar-refractivity contribution >= 4 is 83.5 Å². The number of aliphatic carboxylic acids is 1. The van der Waals surface area contributed by atoms with E-state index in [1.807, 2.05) is 48.5 Å². The van der Waals surface area contributed by atoms with Gasteiger partial charge in [0, 0.05) is 57.5 Å². The van der Waals surface area contributed by atoms with E-state index in [1.54, 1.807) is 42.9 Å². The second-order valence-corrected chi connectivity index (χ2v) is 12.3. The molecule has 0 fully saturated rings. The lowest BCUT2D eigenvalue weighted by atomic mass is 9.96. The van der Waals surface area contributed by atoms with Crippen LogP contribution in [0.1, 0.15) is 15.9 Å². The number of halogens is 5. The molecule has 0 aliphatic carbocycles. The summed E-state index contributed by atoms with van der Waals surface area (Å²) in [5.74, 6) is -4.68. The van der Waals surface area contributed by atoms with Crippen LogP contribution in [-0.4, -0.2) is 38.0 Å². The number of rotatable bonds is 6. The first kappa shape index (κ1) is 33.9. The Morgan fingerprint density at radius 2 is 1.37 bits per heavy atom. The van der Waals surface area contributed by atoms with Gasteiger partial charge in [0.15, 0.2) is 0 Å². The van der Waals surface area contributed by atoms with E-state index in [9.17, 15) is 23.5 Å². The smallest absolute Gasteiger partial charge is 0.326 e. The number of nitrogens with one attached hydrogen (secondary N) is 1. The number of aromatic nitrogens is 3. The summed E-state index contributed by atoms with van der Waals surface area (Å²) in [7, 11) is 0. The zero-order chi connectivity index (χ0) is 34.7. The Bertz CT molecular complexity index is 2380. The lowest BCUT2D eigenvalue weighted by molar-refractivity contribution is -0.139. The number of fused-ring (bicyclic) bond motifs is 3. The number of nitrogens with zero attached hydrogens (tertiary/aromatic N) is 3. The van der Waals surface area contributed by atoms with Gasteiger partial charge in [-0.15, -0.1) is 0 Å². The normalized spacial score (nSPS) is 11.6. The lowest BCUT2D eigenvalue weighted by Crippen LogP contribution is -2.43. The molecule has 0 aliphatic rings. The number of hydrogen-bond donors (Lipinski definition) is 2. The van der Waals surface area contributed by atoms with Crippen LogP contribution in [0.2, 0.25) is 10.0 Å². The van der Waals surface area contributed by atoms with E-state index in [4.69, 9.17) is 23.2 Å². The fourth-order valence-corrected chi connectivity index (χ4v) is 6.24. The summed E-state index contributed by atoms with van der Waals surface area (Å²) < 4.78 is 28.8. The summed E-state index contributed by atoms with van der Waals surface area (Å²) in [4.78, 5) is 37.7. The van der Waals surface area contributed by atoms with Crippen LogP contribution in [0.5, 0.6) is 0 Å². The quantitative estimate of drug-likeness (QED) is 0.164. The first-order chi connectivity index (χ1) is 23.6. The molecule has 0 spiro atoms. The largest absolute Gasteiger partial charge is 0.480 e. The zero-order valence-electron chi connectivity index (χ0n) is 25.2. The fourth-order valence-electron chi connectivity index (χ4n) is 5.38.